The van der Waals surface area contributed by atoms with E-state index in [0.717, 1.165) is 102 Å². The number of aliphatic hydroxyl groups is 1. The van der Waals surface area contributed by atoms with Crippen LogP contribution in [-0.4, -0.2) is 87.6 Å². The van der Waals surface area contributed by atoms with Gasteiger partial charge in [-0.3, -0.25) is 14.4 Å². The molecule has 2 amide bonds. The van der Waals surface area contributed by atoms with Crippen molar-refractivity contribution in [1.29, 1.82) is 0 Å². The molecule has 2 aromatic carbocycles. The molecule has 0 atom stereocenters. The summed E-state index contributed by atoms with van der Waals surface area (Å²) in [5, 5.41) is 35.3. The lowest BCUT2D eigenvalue weighted by Crippen LogP contribution is -2.31. The average molecular weight is 893 g/mol. The molecule has 64 heavy (non-hydrogen) atoms. The van der Waals surface area contributed by atoms with Crippen molar-refractivity contribution in [2.75, 3.05) is 65.6 Å². The van der Waals surface area contributed by atoms with Crippen molar-refractivity contribution in [3.05, 3.63) is 62.3 Å². The second-order valence-corrected chi connectivity index (χ2v) is 17.1. The molecule has 3 rings (SSSR count). The van der Waals surface area contributed by atoms with Crippen molar-refractivity contribution in [3.63, 3.8) is 0 Å². The maximum atomic E-state index is 14.5. The van der Waals surface area contributed by atoms with Crippen LogP contribution >= 0.6 is 0 Å². The summed E-state index contributed by atoms with van der Waals surface area (Å²) >= 11 is 0. The lowest BCUT2D eigenvalue weighted by Gasteiger charge is -2.18. The first-order valence-corrected chi connectivity index (χ1v) is 23.8. The highest BCUT2D eigenvalue weighted by molar-refractivity contribution is 5.97. The number of carbonyl (C=O) groups excluding carboxylic acids is 2. The fourth-order valence-corrected chi connectivity index (χ4v) is 7.45. The van der Waals surface area contributed by atoms with Gasteiger partial charge in [0, 0.05) is 36.3 Å². The zero-order valence-electron chi connectivity index (χ0n) is 39.4. The maximum absolute atomic E-state index is 14.5. The van der Waals surface area contributed by atoms with E-state index in [4.69, 9.17) is 25.4 Å². The van der Waals surface area contributed by atoms with Crippen LogP contribution in [-0.2, 0) is 29.0 Å². The molecule has 358 valence electrons. The van der Waals surface area contributed by atoms with Gasteiger partial charge in [-0.25, -0.2) is 0 Å². The molecular formula is C50H80N6O8. The molecule has 0 saturated carbocycles. The van der Waals surface area contributed by atoms with Gasteiger partial charge in [0.1, 0.15) is 33.8 Å². The molecule has 10 N–H and O–H groups in total. The third-order valence-electron chi connectivity index (χ3n) is 11.1. The van der Waals surface area contributed by atoms with Crippen molar-refractivity contribution in [2.24, 2.45) is 11.5 Å². The maximum Gasteiger partial charge on any atom is 0.257 e. The summed E-state index contributed by atoms with van der Waals surface area (Å²) in [6, 6.07) is 3.04. The van der Waals surface area contributed by atoms with Crippen LogP contribution in [0.3, 0.4) is 0 Å². The molecule has 14 heteroatoms. The molecule has 0 aliphatic heterocycles. The number of nitrogens with one attached hydrogen (secondary N) is 4. The van der Waals surface area contributed by atoms with E-state index in [1.807, 2.05) is 39.8 Å². The van der Waals surface area contributed by atoms with Crippen LogP contribution in [0.1, 0.15) is 134 Å². The minimum absolute atomic E-state index is 0.0347. The fourth-order valence-electron chi connectivity index (χ4n) is 7.45. The molecule has 0 aliphatic carbocycles. The van der Waals surface area contributed by atoms with Gasteiger partial charge >= 0.3 is 0 Å². The van der Waals surface area contributed by atoms with E-state index >= 15 is 0 Å². The van der Waals surface area contributed by atoms with E-state index in [1.54, 1.807) is 0 Å². The van der Waals surface area contributed by atoms with Crippen LogP contribution in [0.25, 0.3) is 21.9 Å². The van der Waals surface area contributed by atoms with Gasteiger partial charge in [-0.05, 0) is 124 Å². The molecule has 0 unspecified atom stereocenters. The SMILES string of the molecule is CC(C)=CCc1c(OCC(=O)NCCCCCCCCNCCCN)cc2oc3cc(OCC(=O)NCCCNCCCCCCCCN)c(CO)c(CC=C(C)C)c3c(=O)c2c1O. The van der Waals surface area contributed by atoms with Crippen molar-refractivity contribution in [3.8, 4) is 17.2 Å². The first-order valence-electron chi connectivity index (χ1n) is 23.8. The number of rotatable bonds is 35. The molecule has 1 aromatic heterocycles. The molecule has 14 nitrogen and oxygen atoms in total. The van der Waals surface area contributed by atoms with Crippen LogP contribution in [0, 0.1) is 0 Å². The number of carbonyl (C=O) groups is 2. The second-order valence-electron chi connectivity index (χ2n) is 17.1. The third kappa shape index (κ3) is 19.3. The topological polar surface area (TPSA) is 223 Å². The van der Waals surface area contributed by atoms with Gasteiger partial charge in [0.05, 0.1) is 12.0 Å². The Morgan fingerprint density at radius 2 is 1.03 bits per heavy atom. The fraction of sp³-hybridized carbons (Fsp3) is 0.620. The summed E-state index contributed by atoms with van der Waals surface area (Å²) in [6.45, 7) is 12.9. The summed E-state index contributed by atoms with van der Waals surface area (Å²) < 4.78 is 18.4. The largest absolute Gasteiger partial charge is 0.507 e. The van der Waals surface area contributed by atoms with E-state index in [2.05, 4.69) is 21.3 Å². The van der Waals surface area contributed by atoms with Gasteiger partial charge in [0.25, 0.3) is 11.8 Å². The number of hydrogen-bond acceptors (Lipinski definition) is 12. The van der Waals surface area contributed by atoms with Crippen LogP contribution in [0.4, 0.5) is 0 Å². The number of ether oxygens (including phenoxy) is 2. The highest BCUT2D eigenvalue weighted by atomic mass is 16.5. The predicted molar refractivity (Wildman–Crippen MR) is 259 cm³/mol. The van der Waals surface area contributed by atoms with Gasteiger partial charge in [-0.15, -0.1) is 0 Å². The Balaban J connectivity index is 1.74. The summed E-state index contributed by atoms with van der Waals surface area (Å²) in [4.78, 5) is 40.3. The van der Waals surface area contributed by atoms with Gasteiger partial charge in [0.15, 0.2) is 13.2 Å². The van der Waals surface area contributed by atoms with Crippen molar-refractivity contribution in [1.82, 2.24) is 21.3 Å². The Morgan fingerprint density at radius 1 is 0.594 bits per heavy atom. The van der Waals surface area contributed by atoms with Gasteiger partial charge in [-0.1, -0.05) is 74.7 Å². The van der Waals surface area contributed by atoms with E-state index in [-0.39, 0.29) is 77.1 Å². The zero-order chi connectivity index (χ0) is 46.5. The number of allylic oxidation sites excluding steroid dienone is 4. The summed E-state index contributed by atoms with van der Waals surface area (Å²) in [7, 11) is 0. The van der Waals surface area contributed by atoms with Crippen LogP contribution < -0.4 is 47.6 Å². The average Bonchev–Trinajstić information content (AvgIpc) is 3.26. The lowest BCUT2D eigenvalue weighted by atomic mass is 9.95. The smallest absolute Gasteiger partial charge is 0.257 e. The van der Waals surface area contributed by atoms with Crippen molar-refractivity contribution in [2.45, 2.75) is 137 Å². The molecule has 0 aliphatic rings. The second kappa shape index (κ2) is 31.4. The normalized spacial score (nSPS) is 11.2. The van der Waals surface area contributed by atoms with E-state index < -0.39 is 12.0 Å². The monoisotopic (exact) mass is 893 g/mol. The Bertz CT molecular complexity index is 1990. The number of benzene rings is 2. The molecule has 0 radical (unpaired) electrons. The number of fused-ring (bicyclic) bond motifs is 2. The standard InChI is InChI=1S/C50H80N6O8/c1-36(2)19-21-38-40(33-57)42(63-35-46(59)56-30-18-28-54-26-15-10-6-5-9-13-23-51)32-43-47(38)50(61)48-44(64-43)31-41(39(49(48)60)22-20-37(3)4)62-34-45(58)55-29-16-12-8-7-11-14-25-53-27-17-24-52/h19-20,31-32,53-54,57,60H,5-18,21-30,33-35,51-52H2,1-4H3,(H,55,58)(H,56,59). The molecule has 1 heterocycles. The first kappa shape index (κ1) is 53.9. The predicted octanol–water partition coefficient (Wildman–Crippen LogP) is 6.71. The van der Waals surface area contributed by atoms with Crippen molar-refractivity contribution < 1.29 is 33.7 Å². The quantitative estimate of drug-likeness (QED) is 0.0175. The summed E-state index contributed by atoms with van der Waals surface area (Å²) in [5.41, 5.74) is 14.0. The third-order valence-corrected chi connectivity index (χ3v) is 11.1. The molecule has 0 fully saturated rings. The first-order chi connectivity index (χ1) is 31.0. The van der Waals surface area contributed by atoms with Gasteiger partial charge in [-0.2, -0.15) is 0 Å². The zero-order valence-corrected chi connectivity index (χ0v) is 39.4. The van der Waals surface area contributed by atoms with E-state index in [9.17, 15) is 24.6 Å². The van der Waals surface area contributed by atoms with E-state index in [1.165, 1.54) is 44.2 Å². The number of unbranched alkanes of at least 4 members (excludes halogenated alkanes) is 10. The molecular weight excluding hydrogens is 813 g/mol. The highest BCUT2D eigenvalue weighted by Gasteiger charge is 2.24. The minimum atomic E-state index is -0.483. The number of aliphatic hydroxyl groups excluding tert-OH is 1. The number of hydrogen-bond donors (Lipinski definition) is 8. The van der Waals surface area contributed by atoms with Crippen LogP contribution in [0.2, 0.25) is 0 Å². The Labute approximate surface area is 381 Å². The molecule has 0 saturated heterocycles. The van der Waals surface area contributed by atoms with Crippen LogP contribution in [0.5, 0.6) is 17.2 Å². The number of phenols is 1. The van der Waals surface area contributed by atoms with Gasteiger partial charge in [0.2, 0.25) is 5.43 Å². The molecule has 3 aromatic rings. The number of phenolic OH excluding ortho intramolecular Hbond substituents is 1. The molecule has 0 bridgehead atoms. The highest BCUT2D eigenvalue weighted by Crippen LogP contribution is 2.39. The summed E-state index contributed by atoms with van der Waals surface area (Å²) in [5.74, 6) is -0.492. The van der Waals surface area contributed by atoms with Gasteiger partial charge < -0.3 is 56.8 Å². The summed E-state index contributed by atoms with van der Waals surface area (Å²) in [6.07, 6.45) is 19.6. The van der Waals surface area contributed by atoms with Crippen LogP contribution in [0.15, 0.2) is 44.6 Å². The Hall–Kier alpha value is -4.47. The Morgan fingerprint density at radius 3 is 1.56 bits per heavy atom. The molecule has 0 spiro atoms. The van der Waals surface area contributed by atoms with E-state index in [0.29, 0.717) is 36.3 Å². The number of amides is 2. The number of aromatic hydroxyl groups is 1. The van der Waals surface area contributed by atoms with Crippen molar-refractivity contribution >= 4 is 33.8 Å². The Kier molecular flexibility index (Phi) is 26.4. The lowest BCUT2D eigenvalue weighted by molar-refractivity contribution is -0.123. The number of nitrogens with two attached hydrogens (primary N) is 2. The minimum Gasteiger partial charge on any atom is -0.507 e.